The number of anilines is 2. The van der Waals surface area contributed by atoms with Crippen molar-refractivity contribution in [2.75, 3.05) is 10.1 Å². The zero-order valence-electron chi connectivity index (χ0n) is 17.0. The third-order valence-electron chi connectivity index (χ3n) is 4.47. The molecule has 0 saturated carbocycles. The van der Waals surface area contributed by atoms with Crippen LogP contribution in [0.15, 0.2) is 76.7 Å². The molecule has 3 rings (SSSR count). The Labute approximate surface area is 193 Å². The van der Waals surface area contributed by atoms with E-state index in [4.69, 9.17) is 11.6 Å². The van der Waals surface area contributed by atoms with Crippen LogP contribution in [0.4, 0.5) is 17.1 Å². The van der Waals surface area contributed by atoms with Crippen molar-refractivity contribution in [1.29, 1.82) is 0 Å². The Morgan fingerprint density at radius 3 is 2.36 bits per heavy atom. The lowest BCUT2D eigenvalue weighted by molar-refractivity contribution is -0.385. The molecule has 10 nitrogen and oxygen atoms in total. The summed E-state index contributed by atoms with van der Waals surface area (Å²) >= 11 is 5.88. The second-order valence-electron chi connectivity index (χ2n) is 6.71. The molecule has 0 aromatic heterocycles. The summed E-state index contributed by atoms with van der Waals surface area (Å²) in [7, 11) is -4.44. The number of hydrogen-bond donors (Lipinski definition) is 3. The Morgan fingerprint density at radius 2 is 1.73 bits per heavy atom. The zero-order chi connectivity index (χ0) is 24.2. The maximum absolute atomic E-state index is 13.1. The van der Waals surface area contributed by atoms with Crippen molar-refractivity contribution in [3.8, 4) is 0 Å². The van der Waals surface area contributed by atoms with E-state index in [0.29, 0.717) is 16.3 Å². The number of nitrogens with zero attached hydrogens (tertiary/aromatic N) is 2. The standard InChI is InChI=1S/C21H17ClN4O6S/c1-13(14-6-8-15(22)9-7-14)23-24-19-11-10-16(26(29)30)12-20(19)33(31,32)25-18-5-3-2-4-17(18)21(27)28/h2-12,24-25H,1H3,(H,27,28). The van der Waals surface area contributed by atoms with Crippen molar-refractivity contribution in [2.45, 2.75) is 11.8 Å². The van der Waals surface area contributed by atoms with Crippen LogP contribution in [0.3, 0.4) is 0 Å². The number of carboxylic acids is 1. The van der Waals surface area contributed by atoms with E-state index in [1.165, 1.54) is 30.3 Å². The lowest BCUT2D eigenvalue weighted by atomic mass is 10.1. The summed E-state index contributed by atoms with van der Waals surface area (Å²) in [4.78, 5) is 21.4. The lowest BCUT2D eigenvalue weighted by Crippen LogP contribution is -2.17. The van der Waals surface area contributed by atoms with Crippen LogP contribution in [-0.2, 0) is 10.0 Å². The molecule has 0 spiro atoms. The van der Waals surface area contributed by atoms with Crippen LogP contribution in [0.1, 0.15) is 22.8 Å². The monoisotopic (exact) mass is 488 g/mol. The van der Waals surface area contributed by atoms with Crippen LogP contribution < -0.4 is 10.1 Å². The highest BCUT2D eigenvalue weighted by molar-refractivity contribution is 7.93. The number of rotatable bonds is 8. The Morgan fingerprint density at radius 1 is 1.06 bits per heavy atom. The van der Waals surface area contributed by atoms with Crippen molar-refractivity contribution in [2.24, 2.45) is 5.10 Å². The van der Waals surface area contributed by atoms with Gasteiger partial charge in [0.25, 0.3) is 15.7 Å². The van der Waals surface area contributed by atoms with Crippen molar-refractivity contribution >= 4 is 50.4 Å². The molecule has 0 aliphatic heterocycles. The molecule has 0 bridgehead atoms. The number of non-ortho nitro benzene ring substituents is 1. The van der Waals surface area contributed by atoms with E-state index in [0.717, 1.165) is 12.1 Å². The molecule has 0 aliphatic rings. The van der Waals surface area contributed by atoms with Gasteiger partial charge in [-0.25, -0.2) is 13.2 Å². The molecule has 0 aliphatic carbocycles. The Hall–Kier alpha value is -3.96. The molecule has 0 saturated heterocycles. The summed E-state index contributed by atoms with van der Waals surface area (Å²) in [6.07, 6.45) is 0. The Kier molecular flexibility index (Phi) is 6.95. The van der Waals surface area contributed by atoms with Gasteiger partial charge in [0.15, 0.2) is 0 Å². The largest absolute Gasteiger partial charge is 0.478 e. The highest BCUT2D eigenvalue weighted by Gasteiger charge is 2.24. The van der Waals surface area contributed by atoms with Crippen molar-refractivity contribution in [1.82, 2.24) is 0 Å². The van der Waals surface area contributed by atoms with Crippen LogP contribution in [-0.4, -0.2) is 30.1 Å². The second-order valence-corrected chi connectivity index (χ2v) is 8.80. The molecular formula is C21H17ClN4O6S. The van der Waals surface area contributed by atoms with Gasteiger partial charge < -0.3 is 5.11 Å². The molecule has 0 radical (unpaired) electrons. The van der Waals surface area contributed by atoms with E-state index in [1.807, 2.05) is 0 Å². The average molecular weight is 489 g/mol. The highest BCUT2D eigenvalue weighted by atomic mass is 35.5. The van der Waals surface area contributed by atoms with E-state index in [9.17, 15) is 28.4 Å². The predicted molar refractivity (Wildman–Crippen MR) is 125 cm³/mol. The van der Waals surface area contributed by atoms with E-state index in [2.05, 4.69) is 15.2 Å². The van der Waals surface area contributed by atoms with Gasteiger partial charge in [-0.2, -0.15) is 5.10 Å². The van der Waals surface area contributed by atoms with Gasteiger partial charge in [0.05, 0.1) is 27.6 Å². The molecule has 0 amide bonds. The topological polar surface area (TPSA) is 151 Å². The number of benzene rings is 3. The quantitative estimate of drug-likeness (QED) is 0.238. The average Bonchev–Trinajstić information content (AvgIpc) is 2.77. The number of sulfonamides is 1. The van der Waals surface area contributed by atoms with Gasteiger partial charge in [0.1, 0.15) is 4.90 Å². The number of hydrogen-bond acceptors (Lipinski definition) is 7. The first-order valence-electron chi connectivity index (χ1n) is 9.28. The van der Waals surface area contributed by atoms with Gasteiger partial charge in [-0.05, 0) is 42.8 Å². The van der Waals surface area contributed by atoms with Gasteiger partial charge in [-0.3, -0.25) is 20.3 Å². The molecular weight excluding hydrogens is 472 g/mol. The van der Waals surface area contributed by atoms with Crippen LogP contribution in [0.25, 0.3) is 0 Å². The van der Waals surface area contributed by atoms with Crippen molar-refractivity contribution in [3.05, 3.63) is 93.0 Å². The number of nitro groups is 1. The highest BCUT2D eigenvalue weighted by Crippen LogP contribution is 2.29. The summed E-state index contributed by atoms with van der Waals surface area (Å²) in [6.45, 7) is 1.68. The number of nitrogens with one attached hydrogen (secondary N) is 2. The summed E-state index contributed by atoms with van der Waals surface area (Å²) in [6, 6.07) is 15.4. The molecule has 33 heavy (non-hydrogen) atoms. The van der Waals surface area contributed by atoms with Gasteiger partial charge in [-0.1, -0.05) is 35.9 Å². The molecule has 3 N–H and O–H groups in total. The van der Waals surface area contributed by atoms with Crippen LogP contribution in [0, 0.1) is 10.1 Å². The minimum Gasteiger partial charge on any atom is -0.478 e. The molecule has 0 atom stereocenters. The smallest absolute Gasteiger partial charge is 0.337 e. The SMILES string of the molecule is CC(=NNc1ccc([N+](=O)[O-])cc1S(=O)(=O)Nc1ccccc1C(=O)O)c1ccc(Cl)cc1. The van der Waals surface area contributed by atoms with E-state index in [1.54, 1.807) is 31.2 Å². The summed E-state index contributed by atoms with van der Waals surface area (Å²) in [5.74, 6) is -1.34. The van der Waals surface area contributed by atoms with E-state index in [-0.39, 0.29) is 16.9 Å². The number of carboxylic acid groups (broad SMARTS) is 1. The second kappa shape index (κ2) is 9.67. The summed E-state index contributed by atoms with van der Waals surface area (Å²) in [5, 5.41) is 25.2. The van der Waals surface area contributed by atoms with Crippen LogP contribution >= 0.6 is 11.6 Å². The predicted octanol–water partition coefficient (Wildman–Crippen LogP) is 4.58. The third kappa shape index (κ3) is 5.64. The minimum atomic E-state index is -4.44. The van der Waals surface area contributed by atoms with Gasteiger partial charge in [0.2, 0.25) is 0 Å². The molecule has 3 aromatic rings. The van der Waals surface area contributed by atoms with Gasteiger partial charge in [0, 0.05) is 17.2 Å². The summed E-state index contributed by atoms with van der Waals surface area (Å²) < 4.78 is 28.4. The number of hydrazone groups is 1. The van der Waals surface area contributed by atoms with Crippen LogP contribution in [0.2, 0.25) is 5.02 Å². The first-order valence-corrected chi connectivity index (χ1v) is 11.1. The fourth-order valence-electron chi connectivity index (χ4n) is 2.80. The molecule has 0 unspecified atom stereocenters. The van der Waals surface area contributed by atoms with Crippen LogP contribution in [0.5, 0.6) is 0 Å². The van der Waals surface area contributed by atoms with Gasteiger partial charge >= 0.3 is 5.97 Å². The number of carbonyl (C=O) groups is 1. The lowest BCUT2D eigenvalue weighted by Gasteiger charge is -2.14. The number of para-hydroxylation sites is 1. The Bertz CT molecular complexity index is 1360. The number of halogens is 1. The first kappa shape index (κ1) is 23.7. The zero-order valence-corrected chi connectivity index (χ0v) is 18.6. The normalized spacial score (nSPS) is 11.6. The maximum atomic E-state index is 13.1. The molecule has 3 aromatic carbocycles. The molecule has 0 heterocycles. The van der Waals surface area contributed by atoms with Crippen molar-refractivity contribution in [3.63, 3.8) is 0 Å². The maximum Gasteiger partial charge on any atom is 0.337 e. The molecule has 12 heteroatoms. The van der Waals surface area contributed by atoms with E-state index < -0.39 is 31.5 Å². The Balaban J connectivity index is 2.02. The number of aromatic carboxylic acids is 1. The minimum absolute atomic E-state index is 0.0470. The number of nitro benzene ring substituents is 1. The molecule has 170 valence electrons. The van der Waals surface area contributed by atoms with E-state index >= 15 is 0 Å². The van der Waals surface area contributed by atoms with Crippen molar-refractivity contribution < 1.29 is 23.2 Å². The first-order chi connectivity index (χ1) is 15.6. The van der Waals surface area contributed by atoms with Gasteiger partial charge in [-0.15, -0.1) is 0 Å². The third-order valence-corrected chi connectivity index (χ3v) is 6.13. The fourth-order valence-corrected chi connectivity index (χ4v) is 4.18. The molecule has 0 fully saturated rings. The fraction of sp³-hybridized carbons (Fsp3) is 0.0476. The summed E-state index contributed by atoms with van der Waals surface area (Å²) in [5.41, 5.74) is 2.85.